The van der Waals surface area contributed by atoms with Crippen LogP contribution in [-0.2, 0) is 6.42 Å². The number of hydrogen-bond acceptors (Lipinski definition) is 1. The van der Waals surface area contributed by atoms with E-state index in [0.717, 1.165) is 18.4 Å². The lowest BCUT2D eigenvalue weighted by molar-refractivity contribution is 0.509. The van der Waals surface area contributed by atoms with E-state index in [2.05, 4.69) is 0 Å². The molecule has 0 aliphatic carbocycles. The summed E-state index contributed by atoms with van der Waals surface area (Å²) in [4.78, 5) is 0. The fourth-order valence-corrected chi connectivity index (χ4v) is 2.09. The van der Waals surface area contributed by atoms with E-state index in [0.29, 0.717) is 24.1 Å². The van der Waals surface area contributed by atoms with Crippen molar-refractivity contribution in [2.24, 2.45) is 5.73 Å². The Kier molecular flexibility index (Phi) is 4.63. The van der Waals surface area contributed by atoms with E-state index in [4.69, 9.17) is 5.73 Å². The maximum atomic E-state index is 13.9. The first-order valence-electron chi connectivity index (χ1n) is 6.46. The van der Waals surface area contributed by atoms with Gasteiger partial charge in [-0.25, -0.2) is 8.78 Å². The second kappa shape index (κ2) is 6.43. The summed E-state index contributed by atoms with van der Waals surface area (Å²) in [6.45, 7) is 0.620. The SMILES string of the molecule is NCCCCc1cc(F)c(F)c(-c2ccccc2)c1. The normalized spacial score (nSPS) is 10.7. The molecule has 0 bridgehead atoms. The van der Waals surface area contributed by atoms with Crippen molar-refractivity contribution in [1.82, 2.24) is 0 Å². The highest BCUT2D eigenvalue weighted by Crippen LogP contribution is 2.26. The van der Waals surface area contributed by atoms with Gasteiger partial charge < -0.3 is 5.73 Å². The van der Waals surface area contributed by atoms with Crippen molar-refractivity contribution < 1.29 is 8.78 Å². The van der Waals surface area contributed by atoms with Gasteiger partial charge in [0.15, 0.2) is 11.6 Å². The zero-order chi connectivity index (χ0) is 13.7. The molecule has 3 heteroatoms. The smallest absolute Gasteiger partial charge is 0.166 e. The molecule has 100 valence electrons. The van der Waals surface area contributed by atoms with Crippen LogP contribution in [0.2, 0.25) is 0 Å². The van der Waals surface area contributed by atoms with E-state index < -0.39 is 11.6 Å². The third-order valence-corrected chi connectivity index (χ3v) is 3.09. The molecule has 0 amide bonds. The quantitative estimate of drug-likeness (QED) is 0.811. The van der Waals surface area contributed by atoms with Gasteiger partial charge in [-0.1, -0.05) is 30.3 Å². The van der Waals surface area contributed by atoms with Crippen molar-refractivity contribution in [3.63, 3.8) is 0 Å². The summed E-state index contributed by atoms with van der Waals surface area (Å²) < 4.78 is 27.5. The van der Waals surface area contributed by atoms with Gasteiger partial charge in [0.2, 0.25) is 0 Å². The average molecular weight is 261 g/mol. The van der Waals surface area contributed by atoms with E-state index >= 15 is 0 Å². The summed E-state index contributed by atoms with van der Waals surface area (Å²) in [6, 6.07) is 12.0. The number of nitrogens with two attached hydrogens (primary N) is 1. The standard InChI is InChI=1S/C16H17F2N/c17-15-11-12(6-4-5-9-19)10-14(16(15)18)13-7-2-1-3-8-13/h1-3,7-8,10-11H,4-6,9,19H2. The maximum Gasteiger partial charge on any atom is 0.166 e. The van der Waals surface area contributed by atoms with Crippen LogP contribution in [0.25, 0.3) is 11.1 Å². The van der Waals surface area contributed by atoms with Crippen LogP contribution in [0, 0.1) is 11.6 Å². The molecule has 19 heavy (non-hydrogen) atoms. The van der Waals surface area contributed by atoms with Crippen LogP contribution in [0.5, 0.6) is 0 Å². The first kappa shape index (κ1) is 13.7. The second-order valence-corrected chi connectivity index (χ2v) is 4.55. The average Bonchev–Trinajstić information content (AvgIpc) is 2.44. The number of hydrogen-bond donors (Lipinski definition) is 1. The number of unbranched alkanes of at least 4 members (excludes halogenated alkanes) is 1. The molecule has 0 atom stereocenters. The van der Waals surface area contributed by atoms with Crippen molar-refractivity contribution in [3.05, 3.63) is 59.7 Å². The van der Waals surface area contributed by atoms with Crippen LogP contribution in [0.1, 0.15) is 18.4 Å². The van der Waals surface area contributed by atoms with Crippen LogP contribution >= 0.6 is 0 Å². The summed E-state index contributed by atoms with van der Waals surface area (Å²) in [5.41, 5.74) is 7.26. The lowest BCUT2D eigenvalue weighted by Crippen LogP contribution is -2.00. The molecule has 2 N–H and O–H groups in total. The highest BCUT2D eigenvalue weighted by molar-refractivity contribution is 5.65. The van der Waals surface area contributed by atoms with Gasteiger partial charge >= 0.3 is 0 Å². The van der Waals surface area contributed by atoms with Crippen molar-refractivity contribution in [3.8, 4) is 11.1 Å². The van der Waals surface area contributed by atoms with Crippen LogP contribution in [0.15, 0.2) is 42.5 Å². The largest absolute Gasteiger partial charge is 0.330 e. The van der Waals surface area contributed by atoms with E-state index in [-0.39, 0.29) is 0 Å². The Hall–Kier alpha value is -1.74. The van der Waals surface area contributed by atoms with Gasteiger partial charge in [0.1, 0.15) is 0 Å². The molecule has 0 spiro atoms. The molecule has 0 saturated carbocycles. The lowest BCUT2D eigenvalue weighted by atomic mass is 9.99. The summed E-state index contributed by atoms with van der Waals surface area (Å²) in [7, 11) is 0. The lowest BCUT2D eigenvalue weighted by Gasteiger charge is -2.08. The molecule has 0 saturated heterocycles. The Morgan fingerprint density at radius 2 is 1.68 bits per heavy atom. The van der Waals surface area contributed by atoms with Crippen molar-refractivity contribution >= 4 is 0 Å². The Balaban J connectivity index is 2.32. The Morgan fingerprint density at radius 1 is 0.947 bits per heavy atom. The third-order valence-electron chi connectivity index (χ3n) is 3.09. The van der Waals surface area contributed by atoms with Crippen LogP contribution in [-0.4, -0.2) is 6.54 Å². The van der Waals surface area contributed by atoms with E-state index in [1.54, 1.807) is 18.2 Å². The number of halogens is 2. The van der Waals surface area contributed by atoms with E-state index in [1.165, 1.54) is 6.07 Å². The molecular formula is C16H17F2N. The summed E-state index contributed by atoms with van der Waals surface area (Å²) in [5.74, 6) is -1.57. The Morgan fingerprint density at radius 3 is 2.37 bits per heavy atom. The van der Waals surface area contributed by atoms with Crippen LogP contribution in [0.4, 0.5) is 8.78 Å². The monoisotopic (exact) mass is 261 g/mol. The highest BCUT2D eigenvalue weighted by atomic mass is 19.2. The molecule has 0 heterocycles. The van der Waals surface area contributed by atoms with Gasteiger partial charge in [0.25, 0.3) is 0 Å². The van der Waals surface area contributed by atoms with Crippen LogP contribution in [0.3, 0.4) is 0 Å². The van der Waals surface area contributed by atoms with Crippen LogP contribution < -0.4 is 5.73 Å². The maximum absolute atomic E-state index is 13.9. The zero-order valence-electron chi connectivity index (χ0n) is 10.7. The van der Waals surface area contributed by atoms with Gasteiger partial charge in [0.05, 0.1) is 0 Å². The molecule has 0 aromatic heterocycles. The molecule has 2 aromatic carbocycles. The van der Waals surface area contributed by atoms with Crippen molar-refractivity contribution in [1.29, 1.82) is 0 Å². The van der Waals surface area contributed by atoms with Gasteiger partial charge in [-0.05, 0) is 49.1 Å². The molecule has 0 fully saturated rings. The fraction of sp³-hybridized carbons (Fsp3) is 0.250. The third kappa shape index (κ3) is 3.38. The van der Waals surface area contributed by atoms with Gasteiger partial charge in [-0.2, -0.15) is 0 Å². The van der Waals surface area contributed by atoms with Crippen molar-refractivity contribution in [2.75, 3.05) is 6.54 Å². The first-order chi connectivity index (χ1) is 9.22. The molecule has 2 aromatic rings. The predicted octanol–water partition coefficient (Wildman–Crippen LogP) is 3.91. The number of aryl methyl sites for hydroxylation is 1. The Bertz CT molecular complexity index is 538. The van der Waals surface area contributed by atoms with E-state index in [9.17, 15) is 8.78 Å². The molecule has 0 aliphatic rings. The predicted molar refractivity (Wildman–Crippen MR) is 73.8 cm³/mol. The Labute approximate surface area is 112 Å². The minimum absolute atomic E-state index is 0.323. The molecule has 0 radical (unpaired) electrons. The zero-order valence-corrected chi connectivity index (χ0v) is 10.7. The first-order valence-corrected chi connectivity index (χ1v) is 6.46. The summed E-state index contributed by atoms with van der Waals surface area (Å²) in [5, 5.41) is 0. The number of benzene rings is 2. The topological polar surface area (TPSA) is 26.0 Å². The second-order valence-electron chi connectivity index (χ2n) is 4.55. The molecular weight excluding hydrogens is 244 g/mol. The minimum atomic E-state index is -0.788. The van der Waals surface area contributed by atoms with Gasteiger partial charge in [-0.15, -0.1) is 0 Å². The molecule has 0 unspecified atom stereocenters. The highest BCUT2D eigenvalue weighted by Gasteiger charge is 2.12. The minimum Gasteiger partial charge on any atom is -0.330 e. The molecule has 2 rings (SSSR count). The van der Waals surface area contributed by atoms with E-state index in [1.807, 2.05) is 18.2 Å². The summed E-state index contributed by atoms with van der Waals surface area (Å²) in [6.07, 6.45) is 2.49. The van der Waals surface area contributed by atoms with Crippen molar-refractivity contribution in [2.45, 2.75) is 19.3 Å². The molecule has 1 nitrogen and oxygen atoms in total. The summed E-state index contributed by atoms with van der Waals surface area (Å²) >= 11 is 0. The number of rotatable bonds is 5. The van der Waals surface area contributed by atoms with Gasteiger partial charge in [0, 0.05) is 5.56 Å². The fourth-order valence-electron chi connectivity index (χ4n) is 2.09. The molecule has 0 aliphatic heterocycles. The van der Waals surface area contributed by atoms with Gasteiger partial charge in [-0.3, -0.25) is 0 Å².